The molecule has 1 saturated carbocycles. The fourth-order valence-electron chi connectivity index (χ4n) is 3.15. The van der Waals surface area contributed by atoms with Crippen molar-refractivity contribution in [3.63, 3.8) is 0 Å². The molecule has 4 heteroatoms. The molecule has 0 amide bonds. The molecule has 0 saturated heterocycles. The van der Waals surface area contributed by atoms with E-state index in [4.69, 9.17) is 15.3 Å². The van der Waals surface area contributed by atoms with Gasteiger partial charge < -0.3 is 9.47 Å². The van der Waals surface area contributed by atoms with Crippen molar-refractivity contribution in [3.8, 4) is 11.5 Å². The second-order valence-corrected chi connectivity index (χ2v) is 5.57. The molecule has 0 heterocycles. The predicted octanol–water partition coefficient (Wildman–Crippen LogP) is 3.18. The third kappa shape index (κ3) is 3.64. The summed E-state index contributed by atoms with van der Waals surface area (Å²) in [4.78, 5) is 0. The van der Waals surface area contributed by atoms with E-state index in [9.17, 15) is 0 Å². The van der Waals surface area contributed by atoms with E-state index in [0.29, 0.717) is 0 Å². The van der Waals surface area contributed by atoms with E-state index in [2.05, 4.69) is 5.43 Å². The van der Waals surface area contributed by atoms with Crippen LogP contribution in [0, 0.1) is 5.92 Å². The van der Waals surface area contributed by atoms with Crippen LogP contribution in [-0.4, -0.2) is 14.2 Å². The number of hydrogen-bond donors (Lipinski definition) is 2. The normalized spacial score (nSPS) is 17.8. The van der Waals surface area contributed by atoms with Gasteiger partial charge in [-0.15, -0.1) is 0 Å². The first-order valence-electron chi connectivity index (χ1n) is 7.46. The molecule has 20 heavy (non-hydrogen) atoms. The van der Waals surface area contributed by atoms with Gasteiger partial charge in [-0.3, -0.25) is 11.3 Å². The standard InChI is InChI=1S/C16H26N2O2/c1-19-13-8-9-16(20-2)14(11-13)15(18-17)10-12-6-4-3-5-7-12/h8-9,11-12,15,18H,3-7,10,17H2,1-2H3. The lowest BCUT2D eigenvalue weighted by atomic mass is 9.83. The van der Waals surface area contributed by atoms with Crippen LogP contribution < -0.4 is 20.7 Å². The van der Waals surface area contributed by atoms with Gasteiger partial charge in [0.15, 0.2) is 0 Å². The molecule has 0 radical (unpaired) electrons. The summed E-state index contributed by atoms with van der Waals surface area (Å²) in [5, 5.41) is 0. The highest BCUT2D eigenvalue weighted by Crippen LogP contribution is 2.36. The minimum atomic E-state index is 0.114. The van der Waals surface area contributed by atoms with Gasteiger partial charge in [0.2, 0.25) is 0 Å². The van der Waals surface area contributed by atoms with Crippen molar-refractivity contribution in [2.45, 2.75) is 44.6 Å². The highest BCUT2D eigenvalue weighted by Gasteiger charge is 2.22. The Balaban J connectivity index is 2.16. The number of benzene rings is 1. The SMILES string of the molecule is COc1ccc(OC)c(C(CC2CCCCC2)NN)c1. The quantitative estimate of drug-likeness (QED) is 0.620. The Labute approximate surface area is 121 Å². The maximum Gasteiger partial charge on any atom is 0.123 e. The Hall–Kier alpha value is -1.26. The number of ether oxygens (including phenoxy) is 2. The fourth-order valence-corrected chi connectivity index (χ4v) is 3.15. The zero-order valence-corrected chi connectivity index (χ0v) is 12.5. The number of nitrogens with two attached hydrogens (primary N) is 1. The van der Waals surface area contributed by atoms with Crippen molar-refractivity contribution in [1.82, 2.24) is 5.43 Å². The van der Waals surface area contributed by atoms with Crippen molar-refractivity contribution in [2.24, 2.45) is 11.8 Å². The highest BCUT2D eigenvalue weighted by atomic mass is 16.5. The smallest absolute Gasteiger partial charge is 0.123 e. The van der Waals surface area contributed by atoms with Gasteiger partial charge in [-0.25, -0.2) is 0 Å². The molecular weight excluding hydrogens is 252 g/mol. The van der Waals surface area contributed by atoms with E-state index in [1.54, 1.807) is 14.2 Å². The molecule has 0 bridgehead atoms. The predicted molar refractivity (Wildman–Crippen MR) is 80.8 cm³/mol. The molecule has 4 nitrogen and oxygen atoms in total. The number of rotatable bonds is 6. The Morgan fingerprint density at radius 1 is 1.20 bits per heavy atom. The first-order chi connectivity index (χ1) is 9.78. The van der Waals surface area contributed by atoms with Gasteiger partial charge >= 0.3 is 0 Å². The Morgan fingerprint density at radius 3 is 2.55 bits per heavy atom. The molecule has 1 fully saturated rings. The summed E-state index contributed by atoms with van der Waals surface area (Å²) in [6, 6.07) is 5.99. The molecule has 1 aliphatic rings. The third-order valence-electron chi connectivity index (χ3n) is 4.31. The average molecular weight is 278 g/mol. The van der Waals surface area contributed by atoms with Crippen molar-refractivity contribution in [2.75, 3.05) is 14.2 Å². The average Bonchev–Trinajstić information content (AvgIpc) is 2.53. The Bertz CT molecular complexity index is 417. The molecule has 0 aliphatic heterocycles. The second kappa shape index (κ2) is 7.50. The maximum absolute atomic E-state index is 5.79. The molecule has 0 aromatic heterocycles. The van der Waals surface area contributed by atoms with E-state index in [-0.39, 0.29) is 6.04 Å². The number of hydrogen-bond acceptors (Lipinski definition) is 4. The molecule has 0 spiro atoms. The minimum absolute atomic E-state index is 0.114. The van der Waals surface area contributed by atoms with Crippen LogP contribution in [-0.2, 0) is 0 Å². The summed E-state index contributed by atoms with van der Waals surface area (Å²) in [5.41, 5.74) is 4.04. The summed E-state index contributed by atoms with van der Waals surface area (Å²) < 4.78 is 10.8. The van der Waals surface area contributed by atoms with Crippen LogP contribution in [0.5, 0.6) is 11.5 Å². The molecule has 2 rings (SSSR count). The lowest BCUT2D eigenvalue weighted by molar-refractivity contribution is 0.296. The monoisotopic (exact) mass is 278 g/mol. The molecule has 112 valence electrons. The largest absolute Gasteiger partial charge is 0.497 e. The van der Waals surface area contributed by atoms with Crippen molar-refractivity contribution >= 4 is 0 Å². The van der Waals surface area contributed by atoms with E-state index >= 15 is 0 Å². The molecule has 1 aromatic rings. The van der Waals surface area contributed by atoms with Gasteiger partial charge in [0.05, 0.1) is 20.3 Å². The van der Waals surface area contributed by atoms with Crippen LogP contribution in [0.2, 0.25) is 0 Å². The fraction of sp³-hybridized carbons (Fsp3) is 0.625. The van der Waals surface area contributed by atoms with E-state index in [0.717, 1.165) is 29.4 Å². The molecule has 1 aliphatic carbocycles. The van der Waals surface area contributed by atoms with Gasteiger partial charge in [0.1, 0.15) is 11.5 Å². The maximum atomic E-state index is 5.79. The zero-order valence-electron chi connectivity index (χ0n) is 12.5. The minimum Gasteiger partial charge on any atom is -0.497 e. The summed E-state index contributed by atoms with van der Waals surface area (Å²) >= 11 is 0. The first-order valence-corrected chi connectivity index (χ1v) is 7.46. The number of hydrazine groups is 1. The molecule has 1 aromatic carbocycles. The van der Waals surface area contributed by atoms with Crippen LogP contribution in [0.1, 0.15) is 50.1 Å². The topological polar surface area (TPSA) is 56.5 Å². The lowest BCUT2D eigenvalue weighted by Crippen LogP contribution is -2.30. The van der Waals surface area contributed by atoms with Crippen molar-refractivity contribution < 1.29 is 9.47 Å². The van der Waals surface area contributed by atoms with E-state index < -0.39 is 0 Å². The summed E-state index contributed by atoms with van der Waals surface area (Å²) in [6.45, 7) is 0. The lowest BCUT2D eigenvalue weighted by Gasteiger charge is -2.27. The number of nitrogens with one attached hydrogen (secondary N) is 1. The van der Waals surface area contributed by atoms with Gasteiger partial charge in [0, 0.05) is 5.56 Å². The third-order valence-corrected chi connectivity index (χ3v) is 4.31. The van der Waals surface area contributed by atoms with Crippen LogP contribution in [0.15, 0.2) is 18.2 Å². The van der Waals surface area contributed by atoms with Crippen molar-refractivity contribution in [3.05, 3.63) is 23.8 Å². The summed E-state index contributed by atoms with van der Waals surface area (Å²) in [5.74, 6) is 8.24. The Morgan fingerprint density at radius 2 is 1.95 bits per heavy atom. The number of methoxy groups -OCH3 is 2. The molecule has 1 unspecified atom stereocenters. The van der Waals surface area contributed by atoms with Gasteiger partial charge in [-0.2, -0.15) is 0 Å². The van der Waals surface area contributed by atoms with Crippen LogP contribution in [0.4, 0.5) is 0 Å². The van der Waals surface area contributed by atoms with Crippen LogP contribution >= 0.6 is 0 Å². The Kier molecular flexibility index (Phi) is 5.68. The van der Waals surface area contributed by atoms with Crippen LogP contribution in [0.25, 0.3) is 0 Å². The molecular formula is C16H26N2O2. The second-order valence-electron chi connectivity index (χ2n) is 5.57. The molecule has 1 atom stereocenters. The first kappa shape index (κ1) is 15.1. The summed E-state index contributed by atoms with van der Waals surface area (Å²) in [7, 11) is 3.37. The summed E-state index contributed by atoms with van der Waals surface area (Å²) in [6.07, 6.45) is 7.74. The van der Waals surface area contributed by atoms with Gasteiger partial charge in [-0.05, 0) is 30.5 Å². The van der Waals surface area contributed by atoms with Gasteiger partial charge in [-0.1, -0.05) is 32.1 Å². The van der Waals surface area contributed by atoms with Crippen LogP contribution in [0.3, 0.4) is 0 Å². The highest BCUT2D eigenvalue weighted by molar-refractivity contribution is 5.42. The van der Waals surface area contributed by atoms with Gasteiger partial charge in [0.25, 0.3) is 0 Å². The van der Waals surface area contributed by atoms with E-state index in [1.165, 1.54) is 32.1 Å². The molecule has 3 N–H and O–H groups in total. The zero-order chi connectivity index (χ0) is 14.4. The van der Waals surface area contributed by atoms with Crippen molar-refractivity contribution in [1.29, 1.82) is 0 Å². The van der Waals surface area contributed by atoms with E-state index in [1.807, 2.05) is 18.2 Å².